The molecular weight excluding hydrogens is 479 g/mol. The van der Waals surface area contributed by atoms with Gasteiger partial charge in [-0.1, -0.05) is 35.3 Å². The first kappa shape index (κ1) is 23.5. The van der Waals surface area contributed by atoms with Crippen LogP contribution in [0.5, 0.6) is 0 Å². The summed E-state index contributed by atoms with van der Waals surface area (Å²) in [5.41, 5.74) is 4.77. The van der Waals surface area contributed by atoms with E-state index in [1.807, 2.05) is 42.2 Å². The summed E-state index contributed by atoms with van der Waals surface area (Å²) in [7, 11) is 1.39. The topological polar surface area (TPSA) is 59.4 Å². The van der Waals surface area contributed by atoms with Crippen molar-refractivity contribution in [1.29, 1.82) is 0 Å². The summed E-state index contributed by atoms with van der Waals surface area (Å²) in [6.45, 7) is 4.51. The first-order chi connectivity index (χ1) is 15.8. The highest BCUT2D eigenvalue weighted by molar-refractivity contribution is 7.80. The average Bonchev–Trinajstić information content (AvgIpc) is 3.29. The lowest BCUT2D eigenvalue weighted by Crippen LogP contribution is -2.32. The number of rotatable bonds is 6. The van der Waals surface area contributed by atoms with Crippen LogP contribution >= 0.6 is 35.4 Å². The zero-order chi connectivity index (χ0) is 23.7. The maximum atomic E-state index is 11.9. The number of nitrogens with one attached hydrogen (secondary N) is 1. The van der Waals surface area contributed by atoms with E-state index in [0.29, 0.717) is 21.7 Å². The maximum Gasteiger partial charge on any atom is 0.307 e. The summed E-state index contributed by atoms with van der Waals surface area (Å²) in [6.07, 6.45) is 1.99. The first-order valence-electron chi connectivity index (χ1n) is 10.5. The van der Waals surface area contributed by atoms with Gasteiger partial charge in [0.1, 0.15) is 0 Å². The Balaban J connectivity index is 1.82. The van der Waals surface area contributed by atoms with E-state index in [-0.39, 0.29) is 24.5 Å². The smallest absolute Gasteiger partial charge is 0.307 e. The third-order valence-electron chi connectivity index (χ3n) is 5.94. The number of hydrogen-bond donors (Lipinski definition) is 1. The van der Waals surface area contributed by atoms with Crippen molar-refractivity contribution in [2.24, 2.45) is 0 Å². The highest BCUT2D eigenvalue weighted by Gasteiger charge is 2.41. The van der Waals surface area contributed by atoms with Crippen molar-refractivity contribution in [3.63, 3.8) is 0 Å². The molecular formula is C24H24Cl2N4O2S. The van der Waals surface area contributed by atoms with Gasteiger partial charge in [-0.3, -0.25) is 9.78 Å². The largest absolute Gasteiger partial charge is 0.469 e. The van der Waals surface area contributed by atoms with Gasteiger partial charge >= 0.3 is 5.97 Å². The van der Waals surface area contributed by atoms with Crippen LogP contribution in [0, 0.1) is 13.8 Å². The molecule has 2 atom stereocenters. The van der Waals surface area contributed by atoms with Crippen LogP contribution in [0.3, 0.4) is 0 Å². The number of aromatic nitrogens is 2. The number of benzene rings is 1. The lowest BCUT2D eigenvalue weighted by Gasteiger charge is -2.28. The van der Waals surface area contributed by atoms with Gasteiger partial charge in [-0.15, -0.1) is 0 Å². The fourth-order valence-electron chi connectivity index (χ4n) is 4.42. The van der Waals surface area contributed by atoms with Gasteiger partial charge < -0.3 is 19.5 Å². The van der Waals surface area contributed by atoms with Crippen LogP contribution in [-0.2, 0) is 9.53 Å². The molecule has 3 heterocycles. The number of aryl methyl sites for hydroxylation is 1. The average molecular weight is 503 g/mol. The van der Waals surface area contributed by atoms with Gasteiger partial charge in [0.05, 0.1) is 47.0 Å². The molecule has 0 radical (unpaired) electrons. The van der Waals surface area contributed by atoms with Gasteiger partial charge in [0, 0.05) is 24.1 Å². The number of esters is 1. The Kier molecular flexibility index (Phi) is 6.93. The molecule has 9 heteroatoms. The molecule has 0 amide bonds. The summed E-state index contributed by atoms with van der Waals surface area (Å²) in [4.78, 5) is 18.5. The third kappa shape index (κ3) is 4.45. The van der Waals surface area contributed by atoms with Crippen LogP contribution in [-0.4, -0.2) is 39.2 Å². The first-order valence-corrected chi connectivity index (χ1v) is 11.7. The number of pyridine rings is 1. The summed E-state index contributed by atoms with van der Waals surface area (Å²) in [6, 6.07) is 13.2. The fourth-order valence-corrected chi connectivity index (χ4v) is 5.13. The minimum atomic E-state index is -0.283. The number of nitrogens with zero attached hydrogens (tertiary/aromatic N) is 3. The van der Waals surface area contributed by atoms with E-state index in [1.54, 1.807) is 12.3 Å². The van der Waals surface area contributed by atoms with Crippen LogP contribution < -0.4 is 5.32 Å². The van der Waals surface area contributed by atoms with Crippen LogP contribution in [0.2, 0.25) is 10.0 Å². The monoisotopic (exact) mass is 502 g/mol. The van der Waals surface area contributed by atoms with Gasteiger partial charge in [0.15, 0.2) is 5.11 Å². The molecule has 1 saturated heterocycles. The normalized spacial score (nSPS) is 17.8. The molecule has 1 N–H and O–H groups in total. The molecule has 0 spiro atoms. The Morgan fingerprint density at radius 3 is 2.70 bits per heavy atom. The van der Waals surface area contributed by atoms with E-state index in [2.05, 4.69) is 27.9 Å². The van der Waals surface area contributed by atoms with Crippen LogP contribution in [0.15, 0.2) is 48.7 Å². The van der Waals surface area contributed by atoms with E-state index >= 15 is 0 Å². The number of hydrogen-bond acceptors (Lipinski definition) is 4. The van der Waals surface area contributed by atoms with E-state index in [4.69, 9.17) is 40.2 Å². The molecule has 0 unspecified atom stereocenters. The van der Waals surface area contributed by atoms with Crippen LogP contribution in [0.25, 0.3) is 5.69 Å². The Bertz CT molecular complexity index is 1200. The molecule has 0 saturated carbocycles. The van der Waals surface area contributed by atoms with Gasteiger partial charge in [-0.2, -0.15) is 0 Å². The molecule has 2 aromatic heterocycles. The summed E-state index contributed by atoms with van der Waals surface area (Å²) in [5.74, 6) is -0.283. The third-order valence-corrected chi connectivity index (χ3v) is 7.10. The molecule has 1 aromatic carbocycles. The number of methoxy groups -OCH3 is 1. The van der Waals surface area contributed by atoms with Crippen molar-refractivity contribution >= 4 is 46.5 Å². The predicted molar refractivity (Wildman–Crippen MR) is 134 cm³/mol. The Hall–Kier alpha value is -2.61. The number of carbonyl (C=O) groups excluding carboxylic acids is 1. The Morgan fingerprint density at radius 1 is 1.21 bits per heavy atom. The fraction of sp³-hybridized carbons (Fsp3) is 0.292. The van der Waals surface area contributed by atoms with Crippen molar-refractivity contribution in [2.75, 3.05) is 13.7 Å². The maximum absolute atomic E-state index is 11.9. The van der Waals surface area contributed by atoms with Crippen molar-refractivity contribution in [3.05, 3.63) is 81.4 Å². The molecule has 4 rings (SSSR count). The number of thiocarbonyl (C=S) groups is 1. The van der Waals surface area contributed by atoms with Crippen molar-refractivity contribution in [2.45, 2.75) is 32.4 Å². The van der Waals surface area contributed by atoms with Gasteiger partial charge in [-0.05, 0) is 62.0 Å². The highest BCUT2D eigenvalue weighted by atomic mass is 35.5. The standard InChI is InChI=1S/C24H24Cl2N4O2S/c1-14-13-16(15(2)30(14)19-9-6-7-17(25)21(19)26)23-22(18-8-4-5-11-27-18)28-24(33)29(23)12-10-20(31)32-3/h4-9,11,13,22-23H,10,12H2,1-3H3,(H,28,33)/t22-,23-/m0/s1. The second-order valence-corrected chi connectivity index (χ2v) is 9.05. The molecule has 0 bridgehead atoms. The number of ether oxygens (including phenoxy) is 1. The molecule has 1 aliphatic rings. The molecule has 6 nitrogen and oxygen atoms in total. The van der Waals surface area contributed by atoms with Gasteiger partial charge in [0.2, 0.25) is 0 Å². The number of carbonyl (C=O) groups is 1. The molecule has 1 aliphatic heterocycles. The SMILES string of the molecule is COC(=O)CCN1C(=S)N[C@@H](c2ccccn2)[C@@H]1c1cc(C)n(-c2cccc(Cl)c2Cl)c1C. The molecule has 0 aliphatic carbocycles. The quantitative estimate of drug-likeness (QED) is 0.363. The lowest BCUT2D eigenvalue weighted by molar-refractivity contribution is -0.140. The second-order valence-electron chi connectivity index (χ2n) is 7.88. The van der Waals surface area contributed by atoms with Gasteiger partial charge in [-0.25, -0.2) is 0 Å². The summed E-state index contributed by atoms with van der Waals surface area (Å²) >= 11 is 18.5. The summed E-state index contributed by atoms with van der Waals surface area (Å²) < 4.78 is 6.95. The zero-order valence-corrected chi connectivity index (χ0v) is 20.8. The lowest BCUT2D eigenvalue weighted by atomic mass is 9.96. The van der Waals surface area contributed by atoms with Crippen LogP contribution in [0.1, 0.15) is 41.1 Å². The van der Waals surface area contributed by atoms with E-state index in [9.17, 15) is 4.79 Å². The minimum absolute atomic E-state index is 0.171. The predicted octanol–water partition coefficient (Wildman–Crippen LogP) is 5.33. The molecule has 3 aromatic rings. The van der Waals surface area contributed by atoms with Gasteiger partial charge in [0.25, 0.3) is 0 Å². The molecule has 1 fully saturated rings. The van der Waals surface area contributed by atoms with Crippen molar-refractivity contribution in [3.8, 4) is 5.69 Å². The Morgan fingerprint density at radius 2 is 2.00 bits per heavy atom. The Labute approximate surface area is 208 Å². The minimum Gasteiger partial charge on any atom is -0.469 e. The van der Waals surface area contributed by atoms with E-state index < -0.39 is 0 Å². The number of halogens is 2. The second kappa shape index (κ2) is 9.71. The molecule has 172 valence electrons. The summed E-state index contributed by atoms with van der Waals surface area (Å²) in [5, 5.41) is 4.98. The van der Waals surface area contributed by atoms with E-state index in [0.717, 1.165) is 28.3 Å². The molecule has 33 heavy (non-hydrogen) atoms. The van der Waals surface area contributed by atoms with Crippen molar-refractivity contribution < 1.29 is 9.53 Å². The van der Waals surface area contributed by atoms with Crippen molar-refractivity contribution in [1.82, 2.24) is 19.8 Å². The highest BCUT2D eigenvalue weighted by Crippen LogP contribution is 2.42. The van der Waals surface area contributed by atoms with E-state index in [1.165, 1.54) is 7.11 Å². The zero-order valence-electron chi connectivity index (χ0n) is 18.5. The van der Waals surface area contributed by atoms with Crippen LogP contribution in [0.4, 0.5) is 0 Å².